The molecule has 0 aromatic carbocycles. The van der Waals surface area contributed by atoms with E-state index in [9.17, 15) is 9.59 Å². The van der Waals surface area contributed by atoms with Crippen LogP contribution in [0.5, 0.6) is 0 Å². The van der Waals surface area contributed by atoms with Crippen molar-refractivity contribution in [1.82, 2.24) is 24.8 Å². The molecular weight excluding hydrogens is 400 g/mol. The van der Waals surface area contributed by atoms with Crippen molar-refractivity contribution in [2.45, 2.75) is 39.8 Å². The second-order valence-electron chi connectivity index (χ2n) is 7.45. The van der Waals surface area contributed by atoms with E-state index >= 15 is 0 Å². The summed E-state index contributed by atoms with van der Waals surface area (Å²) in [5.74, 6) is -0.391. The number of pyridine rings is 1. The first-order chi connectivity index (χ1) is 14.5. The summed E-state index contributed by atoms with van der Waals surface area (Å²) in [5.41, 5.74) is 2.72. The van der Waals surface area contributed by atoms with Crippen molar-refractivity contribution in [3.8, 4) is 0 Å². The first kappa shape index (κ1) is 20.2. The van der Waals surface area contributed by atoms with E-state index in [2.05, 4.69) is 25.2 Å². The lowest BCUT2D eigenvalue weighted by atomic mass is 10.1. The maximum atomic E-state index is 12.9. The summed E-state index contributed by atoms with van der Waals surface area (Å²) in [6.45, 7) is 6.24. The number of nitrogens with zero attached hydrogens (tertiary/aromatic N) is 5. The number of amides is 1. The van der Waals surface area contributed by atoms with E-state index in [1.165, 1.54) is 17.4 Å². The van der Waals surface area contributed by atoms with Gasteiger partial charge in [-0.25, -0.2) is 4.98 Å². The zero-order chi connectivity index (χ0) is 21.1. The summed E-state index contributed by atoms with van der Waals surface area (Å²) in [5, 5.41) is 5.80. The number of aromatic nitrogens is 4. The quantitative estimate of drug-likeness (QED) is 0.653. The number of carbonyl (C=O) groups excluding carboxylic acids is 1. The molecule has 9 heteroatoms. The first-order valence-electron chi connectivity index (χ1n) is 9.96. The van der Waals surface area contributed by atoms with Gasteiger partial charge in [-0.1, -0.05) is 0 Å². The Morgan fingerprint density at radius 3 is 2.70 bits per heavy atom. The van der Waals surface area contributed by atoms with Gasteiger partial charge in [0.05, 0.1) is 36.4 Å². The number of thiazole rings is 1. The average molecular weight is 425 g/mol. The van der Waals surface area contributed by atoms with Crippen molar-refractivity contribution in [3.05, 3.63) is 68.6 Å². The molecule has 3 aromatic heterocycles. The standard InChI is InChI=1S/C21H24N6O2S/c1-14-5-8-27(12-16-10-22-15(2)9-23-16)20(29)18(14)19(28)24-11-17-13-30-21(25-17)26-6-3-4-7-26/h5,8-10,13H,3-4,6-7,11-12H2,1-2H3,(H,24,28). The van der Waals surface area contributed by atoms with Crippen LogP contribution in [0.3, 0.4) is 0 Å². The molecule has 1 aliphatic rings. The van der Waals surface area contributed by atoms with Gasteiger partial charge < -0.3 is 14.8 Å². The predicted octanol–water partition coefficient (Wildman–Crippen LogP) is 2.29. The van der Waals surface area contributed by atoms with Gasteiger partial charge in [-0.3, -0.25) is 19.6 Å². The van der Waals surface area contributed by atoms with Crippen molar-refractivity contribution in [1.29, 1.82) is 0 Å². The fraction of sp³-hybridized carbons (Fsp3) is 0.381. The van der Waals surface area contributed by atoms with Gasteiger partial charge in [0.25, 0.3) is 11.5 Å². The molecule has 0 unspecified atom stereocenters. The smallest absolute Gasteiger partial charge is 0.264 e. The van der Waals surface area contributed by atoms with E-state index in [0.29, 0.717) is 17.8 Å². The van der Waals surface area contributed by atoms with Crippen LogP contribution >= 0.6 is 11.3 Å². The molecule has 0 bridgehead atoms. The van der Waals surface area contributed by atoms with E-state index in [1.54, 1.807) is 42.9 Å². The lowest BCUT2D eigenvalue weighted by Crippen LogP contribution is -2.34. The highest BCUT2D eigenvalue weighted by molar-refractivity contribution is 7.13. The topological polar surface area (TPSA) is 93.0 Å². The Morgan fingerprint density at radius 2 is 1.97 bits per heavy atom. The molecule has 4 rings (SSSR count). The summed E-state index contributed by atoms with van der Waals surface area (Å²) in [7, 11) is 0. The predicted molar refractivity (Wildman–Crippen MR) is 116 cm³/mol. The molecule has 0 radical (unpaired) electrons. The molecule has 4 heterocycles. The van der Waals surface area contributed by atoms with Gasteiger partial charge in [0.15, 0.2) is 5.13 Å². The molecule has 30 heavy (non-hydrogen) atoms. The molecular formula is C21H24N6O2S. The normalized spacial score (nSPS) is 13.6. The van der Waals surface area contributed by atoms with Gasteiger partial charge in [0.2, 0.25) is 0 Å². The molecule has 1 fully saturated rings. The molecule has 3 aromatic rings. The number of anilines is 1. The van der Waals surface area contributed by atoms with Crippen molar-refractivity contribution in [2.75, 3.05) is 18.0 Å². The average Bonchev–Trinajstić information content (AvgIpc) is 3.42. The van der Waals surface area contributed by atoms with Crippen LogP contribution in [-0.4, -0.2) is 38.5 Å². The second kappa shape index (κ2) is 8.74. The van der Waals surface area contributed by atoms with E-state index in [0.717, 1.165) is 29.6 Å². The van der Waals surface area contributed by atoms with Gasteiger partial charge in [0.1, 0.15) is 5.56 Å². The van der Waals surface area contributed by atoms with E-state index in [1.807, 2.05) is 12.3 Å². The Bertz CT molecular complexity index is 1100. The van der Waals surface area contributed by atoms with Crippen LogP contribution < -0.4 is 15.8 Å². The van der Waals surface area contributed by atoms with E-state index in [-0.39, 0.29) is 17.7 Å². The molecule has 1 aliphatic heterocycles. The van der Waals surface area contributed by atoms with Crippen LogP contribution in [0, 0.1) is 13.8 Å². The number of carbonyl (C=O) groups is 1. The summed E-state index contributed by atoms with van der Waals surface area (Å²) >= 11 is 1.59. The third-order valence-electron chi connectivity index (χ3n) is 5.11. The number of hydrogen-bond donors (Lipinski definition) is 1. The van der Waals surface area contributed by atoms with Crippen LogP contribution in [0.2, 0.25) is 0 Å². The molecule has 0 atom stereocenters. The molecule has 8 nitrogen and oxygen atoms in total. The maximum absolute atomic E-state index is 12.9. The zero-order valence-electron chi connectivity index (χ0n) is 17.1. The lowest BCUT2D eigenvalue weighted by molar-refractivity contribution is 0.0947. The van der Waals surface area contributed by atoms with Crippen molar-refractivity contribution in [3.63, 3.8) is 0 Å². The number of nitrogens with one attached hydrogen (secondary N) is 1. The summed E-state index contributed by atoms with van der Waals surface area (Å²) < 4.78 is 1.48. The van der Waals surface area contributed by atoms with Crippen molar-refractivity contribution in [2.24, 2.45) is 0 Å². The number of aryl methyl sites for hydroxylation is 2. The maximum Gasteiger partial charge on any atom is 0.264 e. The molecule has 0 saturated carbocycles. The Morgan fingerprint density at radius 1 is 1.17 bits per heavy atom. The third kappa shape index (κ3) is 4.40. The minimum atomic E-state index is -0.391. The van der Waals surface area contributed by atoms with Gasteiger partial charge >= 0.3 is 0 Å². The number of hydrogen-bond acceptors (Lipinski definition) is 7. The molecule has 0 aliphatic carbocycles. The largest absolute Gasteiger partial charge is 0.348 e. The molecule has 156 valence electrons. The highest BCUT2D eigenvalue weighted by atomic mass is 32.1. The van der Waals surface area contributed by atoms with Crippen LogP contribution in [0.4, 0.5) is 5.13 Å². The highest BCUT2D eigenvalue weighted by Gasteiger charge is 2.18. The molecule has 1 N–H and O–H groups in total. The number of rotatable bonds is 6. The Kier molecular flexibility index (Phi) is 5.89. The Hall–Kier alpha value is -3.07. The summed E-state index contributed by atoms with van der Waals surface area (Å²) in [6, 6.07) is 1.77. The van der Waals surface area contributed by atoms with Crippen LogP contribution in [0.15, 0.2) is 34.8 Å². The van der Waals surface area contributed by atoms with Crippen molar-refractivity contribution >= 4 is 22.4 Å². The van der Waals surface area contributed by atoms with Crippen LogP contribution in [0.25, 0.3) is 0 Å². The van der Waals surface area contributed by atoms with Gasteiger partial charge in [-0.05, 0) is 38.3 Å². The van der Waals surface area contributed by atoms with E-state index < -0.39 is 5.91 Å². The lowest BCUT2D eigenvalue weighted by Gasteiger charge is -2.12. The van der Waals surface area contributed by atoms with Crippen LogP contribution in [0.1, 0.15) is 45.8 Å². The molecule has 1 amide bonds. The Labute approximate surface area is 178 Å². The Balaban J connectivity index is 1.46. The van der Waals surface area contributed by atoms with Crippen molar-refractivity contribution < 1.29 is 4.79 Å². The third-order valence-corrected chi connectivity index (χ3v) is 6.06. The van der Waals surface area contributed by atoms with Gasteiger partial charge in [-0.2, -0.15) is 0 Å². The SMILES string of the molecule is Cc1cnc(Cn2ccc(C)c(C(=O)NCc3csc(N4CCCC4)n3)c2=O)cn1. The summed E-state index contributed by atoms with van der Waals surface area (Å²) in [4.78, 5) is 41.1. The fourth-order valence-electron chi connectivity index (χ4n) is 3.43. The highest BCUT2D eigenvalue weighted by Crippen LogP contribution is 2.24. The minimum Gasteiger partial charge on any atom is -0.348 e. The van der Waals surface area contributed by atoms with Gasteiger partial charge in [-0.15, -0.1) is 11.3 Å². The fourth-order valence-corrected chi connectivity index (χ4v) is 4.31. The zero-order valence-corrected chi connectivity index (χ0v) is 17.9. The summed E-state index contributed by atoms with van der Waals surface area (Å²) in [6.07, 6.45) is 7.37. The molecule has 0 spiro atoms. The monoisotopic (exact) mass is 424 g/mol. The first-order valence-corrected chi connectivity index (χ1v) is 10.8. The van der Waals surface area contributed by atoms with E-state index in [4.69, 9.17) is 0 Å². The van der Waals surface area contributed by atoms with Crippen LogP contribution in [-0.2, 0) is 13.1 Å². The minimum absolute atomic E-state index is 0.146. The van der Waals surface area contributed by atoms with Gasteiger partial charge in [0, 0.05) is 30.9 Å². The molecule has 1 saturated heterocycles. The second-order valence-corrected chi connectivity index (χ2v) is 8.29.